The van der Waals surface area contributed by atoms with Crippen LogP contribution in [0.2, 0.25) is 0 Å². The number of hydrogen-bond donors (Lipinski definition) is 3. The molecule has 2 aromatic rings. The molecule has 6 heteroatoms. The number of phenolic OH excluding ortho intramolecular Hbond substituents is 1. The third-order valence-corrected chi connectivity index (χ3v) is 5.01. The maximum atomic E-state index is 12.5. The first kappa shape index (κ1) is 19.0. The summed E-state index contributed by atoms with van der Waals surface area (Å²) in [5, 5.41) is 12.4. The van der Waals surface area contributed by atoms with Gasteiger partial charge < -0.3 is 25.6 Å². The Hall–Kier alpha value is -2.73. The highest BCUT2D eigenvalue weighted by Crippen LogP contribution is 2.34. The number of carbonyl (C=O) groups excluding carboxylic acids is 1. The van der Waals surface area contributed by atoms with Gasteiger partial charge in [-0.05, 0) is 66.6 Å². The van der Waals surface area contributed by atoms with E-state index in [9.17, 15) is 9.90 Å². The van der Waals surface area contributed by atoms with Crippen LogP contribution in [0.4, 0.5) is 0 Å². The summed E-state index contributed by atoms with van der Waals surface area (Å²) in [7, 11) is 3.25. The van der Waals surface area contributed by atoms with Crippen LogP contribution in [0.5, 0.6) is 17.2 Å². The molecule has 0 spiro atoms. The van der Waals surface area contributed by atoms with Crippen LogP contribution in [-0.4, -0.2) is 37.3 Å². The summed E-state index contributed by atoms with van der Waals surface area (Å²) in [5.74, 6) is 1.48. The summed E-state index contributed by atoms with van der Waals surface area (Å²) in [6.07, 6.45) is 2.90. The zero-order valence-electron chi connectivity index (χ0n) is 15.7. The van der Waals surface area contributed by atoms with Crippen molar-refractivity contribution in [3.05, 3.63) is 53.1 Å². The van der Waals surface area contributed by atoms with Crippen molar-refractivity contribution in [1.82, 2.24) is 5.32 Å². The number of hydrogen-bond acceptors (Lipinski definition) is 5. The molecule has 2 aromatic carbocycles. The van der Waals surface area contributed by atoms with Gasteiger partial charge in [0.15, 0.2) is 11.5 Å². The summed E-state index contributed by atoms with van der Waals surface area (Å²) in [5.41, 5.74) is 9.38. The molecule has 0 aliphatic heterocycles. The zero-order chi connectivity index (χ0) is 19.4. The first-order valence-corrected chi connectivity index (χ1v) is 9.07. The van der Waals surface area contributed by atoms with Crippen molar-refractivity contribution in [1.29, 1.82) is 0 Å². The lowest BCUT2D eigenvalue weighted by Crippen LogP contribution is -2.48. The van der Waals surface area contributed by atoms with Gasteiger partial charge in [-0.15, -0.1) is 0 Å². The van der Waals surface area contributed by atoms with Crippen LogP contribution in [0.1, 0.15) is 23.1 Å². The Morgan fingerprint density at radius 1 is 1.19 bits per heavy atom. The number of aryl methyl sites for hydroxylation is 1. The molecule has 1 aliphatic rings. The highest BCUT2D eigenvalue weighted by atomic mass is 16.5. The van der Waals surface area contributed by atoms with Crippen molar-refractivity contribution in [2.24, 2.45) is 5.73 Å². The minimum Gasteiger partial charge on any atom is -0.508 e. The Morgan fingerprint density at radius 2 is 1.81 bits per heavy atom. The molecule has 0 fully saturated rings. The largest absolute Gasteiger partial charge is 0.508 e. The van der Waals surface area contributed by atoms with Gasteiger partial charge in [0.05, 0.1) is 20.3 Å². The molecule has 2 atom stereocenters. The highest BCUT2D eigenvalue weighted by molar-refractivity contribution is 5.82. The van der Waals surface area contributed by atoms with Crippen LogP contribution < -0.4 is 20.5 Å². The van der Waals surface area contributed by atoms with E-state index >= 15 is 0 Å². The molecular formula is C21H26N2O4. The van der Waals surface area contributed by atoms with Gasteiger partial charge in [0, 0.05) is 6.04 Å². The third kappa shape index (κ3) is 4.52. The lowest BCUT2D eigenvalue weighted by molar-refractivity contribution is -0.123. The Kier molecular flexibility index (Phi) is 5.86. The Morgan fingerprint density at radius 3 is 2.44 bits per heavy atom. The van der Waals surface area contributed by atoms with Gasteiger partial charge in [-0.2, -0.15) is 0 Å². The number of ether oxygens (including phenoxy) is 2. The Labute approximate surface area is 159 Å². The SMILES string of the molecule is COc1cc2c(cc1OC)CC(NC(=O)[C@@H](N)Cc1ccc(O)cc1)CC2. The predicted molar refractivity (Wildman–Crippen MR) is 103 cm³/mol. The molecule has 0 heterocycles. The molecule has 144 valence electrons. The van der Waals surface area contributed by atoms with E-state index in [1.54, 1.807) is 38.5 Å². The molecule has 0 saturated carbocycles. The minimum absolute atomic E-state index is 0.0500. The van der Waals surface area contributed by atoms with E-state index in [2.05, 4.69) is 5.32 Å². The number of carbonyl (C=O) groups is 1. The minimum atomic E-state index is -0.624. The quantitative estimate of drug-likeness (QED) is 0.723. The van der Waals surface area contributed by atoms with Crippen molar-refractivity contribution in [3.63, 3.8) is 0 Å². The number of nitrogens with one attached hydrogen (secondary N) is 1. The summed E-state index contributed by atoms with van der Waals surface area (Å²) >= 11 is 0. The molecular weight excluding hydrogens is 344 g/mol. The summed E-state index contributed by atoms with van der Waals surface area (Å²) < 4.78 is 10.7. The summed E-state index contributed by atoms with van der Waals surface area (Å²) in [6, 6.07) is 10.2. The lowest BCUT2D eigenvalue weighted by Gasteiger charge is -2.27. The number of methoxy groups -OCH3 is 2. The maximum Gasteiger partial charge on any atom is 0.237 e. The number of nitrogens with two attached hydrogens (primary N) is 1. The van der Waals surface area contributed by atoms with Crippen molar-refractivity contribution >= 4 is 5.91 Å². The molecule has 4 N–H and O–H groups in total. The van der Waals surface area contributed by atoms with Gasteiger partial charge in [-0.25, -0.2) is 0 Å². The topological polar surface area (TPSA) is 93.8 Å². The smallest absolute Gasteiger partial charge is 0.237 e. The second-order valence-corrected chi connectivity index (χ2v) is 6.90. The van der Waals surface area contributed by atoms with Gasteiger partial charge >= 0.3 is 0 Å². The van der Waals surface area contributed by atoms with Crippen molar-refractivity contribution in [2.45, 2.75) is 37.8 Å². The van der Waals surface area contributed by atoms with Gasteiger partial charge in [0.25, 0.3) is 0 Å². The molecule has 1 amide bonds. The lowest BCUT2D eigenvalue weighted by atomic mass is 9.87. The average molecular weight is 370 g/mol. The fraction of sp³-hybridized carbons (Fsp3) is 0.381. The van der Waals surface area contributed by atoms with E-state index in [1.165, 1.54) is 5.56 Å². The summed E-state index contributed by atoms with van der Waals surface area (Å²) in [4.78, 5) is 12.5. The van der Waals surface area contributed by atoms with E-state index in [1.807, 2.05) is 12.1 Å². The second kappa shape index (κ2) is 8.31. The van der Waals surface area contributed by atoms with E-state index in [4.69, 9.17) is 15.2 Å². The molecule has 1 aliphatic carbocycles. The second-order valence-electron chi connectivity index (χ2n) is 6.90. The van der Waals surface area contributed by atoms with E-state index < -0.39 is 6.04 Å². The Balaban J connectivity index is 1.61. The molecule has 0 saturated heterocycles. The first-order chi connectivity index (χ1) is 13.0. The van der Waals surface area contributed by atoms with Gasteiger partial charge in [-0.3, -0.25) is 4.79 Å². The maximum absolute atomic E-state index is 12.5. The molecule has 1 unspecified atom stereocenters. The van der Waals surface area contributed by atoms with Crippen LogP contribution in [0, 0.1) is 0 Å². The van der Waals surface area contributed by atoms with Crippen LogP contribution in [-0.2, 0) is 24.1 Å². The molecule has 3 rings (SSSR count). The average Bonchev–Trinajstić information content (AvgIpc) is 2.68. The first-order valence-electron chi connectivity index (χ1n) is 9.07. The van der Waals surface area contributed by atoms with E-state index in [0.29, 0.717) is 12.2 Å². The number of fused-ring (bicyclic) bond motifs is 1. The fourth-order valence-electron chi connectivity index (χ4n) is 3.49. The van der Waals surface area contributed by atoms with Crippen LogP contribution in [0.3, 0.4) is 0 Å². The third-order valence-electron chi connectivity index (χ3n) is 5.01. The van der Waals surface area contributed by atoms with Gasteiger partial charge in [0.1, 0.15) is 5.75 Å². The fourth-order valence-corrected chi connectivity index (χ4v) is 3.49. The molecule has 27 heavy (non-hydrogen) atoms. The monoisotopic (exact) mass is 370 g/mol. The predicted octanol–water partition coefficient (Wildman–Crippen LogP) is 1.95. The number of benzene rings is 2. The number of rotatable bonds is 6. The molecule has 0 radical (unpaired) electrons. The number of aromatic hydroxyl groups is 1. The molecule has 0 aromatic heterocycles. The van der Waals surface area contributed by atoms with Crippen LogP contribution >= 0.6 is 0 Å². The normalized spacial score (nSPS) is 16.9. The summed E-state index contributed by atoms with van der Waals surface area (Å²) in [6.45, 7) is 0. The van der Waals surface area contributed by atoms with Gasteiger partial charge in [0.2, 0.25) is 5.91 Å². The van der Waals surface area contributed by atoms with Crippen molar-refractivity contribution in [3.8, 4) is 17.2 Å². The van der Waals surface area contributed by atoms with Crippen LogP contribution in [0.15, 0.2) is 36.4 Å². The molecule has 0 bridgehead atoms. The van der Waals surface area contributed by atoms with Crippen molar-refractivity contribution < 1.29 is 19.4 Å². The van der Waals surface area contributed by atoms with E-state index in [-0.39, 0.29) is 17.7 Å². The van der Waals surface area contributed by atoms with Crippen LogP contribution in [0.25, 0.3) is 0 Å². The van der Waals surface area contributed by atoms with E-state index in [0.717, 1.165) is 36.1 Å². The standard InChI is InChI=1S/C21H26N2O4/c1-26-19-11-14-5-6-16(10-15(14)12-20(19)27-2)23-21(25)18(22)9-13-3-7-17(24)8-4-13/h3-4,7-8,11-12,16,18,24H,5-6,9-10,22H2,1-2H3,(H,23,25)/t16?,18-/m0/s1. The Bertz CT molecular complexity index is 805. The number of phenols is 1. The molecule has 6 nitrogen and oxygen atoms in total. The number of amides is 1. The highest BCUT2D eigenvalue weighted by Gasteiger charge is 2.24. The zero-order valence-corrected chi connectivity index (χ0v) is 15.7. The van der Waals surface area contributed by atoms with Crippen molar-refractivity contribution in [2.75, 3.05) is 14.2 Å². The van der Waals surface area contributed by atoms with Gasteiger partial charge in [-0.1, -0.05) is 12.1 Å².